The van der Waals surface area contributed by atoms with Crippen molar-refractivity contribution in [1.29, 1.82) is 0 Å². The third-order valence-electron chi connectivity index (χ3n) is 4.71. The van der Waals surface area contributed by atoms with E-state index >= 15 is 0 Å². The Morgan fingerprint density at radius 2 is 2.14 bits per heavy atom. The number of carbonyl (C=O) groups is 2. The fourth-order valence-corrected chi connectivity index (χ4v) is 3.16. The Balaban J connectivity index is 1.42. The van der Waals surface area contributed by atoms with Crippen LogP contribution in [-0.4, -0.2) is 41.4 Å². The van der Waals surface area contributed by atoms with E-state index in [4.69, 9.17) is 4.74 Å². The van der Waals surface area contributed by atoms with Crippen LogP contribution in [0.5, 0.6) is 5.75 Å². The molecule has 0 spiro atoms. The molecule has 2 heterocycles. The summed E-state index contributed by atoms with van der Waals surface area (Å²) in [6, 6.07) is 10.0. The lowest BCUT2D eigenvalue weighted by Gasteiger charge is -2.32. The first-order valence-corrected chi connectivity index (χ1v) is 9.45. The highest BCUT2D eigenvalue weighted by molar-refractivity contribution is 5.83. The van der Waals surface area contributed by atoms with E-state index in [0.717, 1.165) is 0 Å². The average molecular weight is 385 g/mol. The molecular weight excluding hydrogens is 361 g/mol. The lowest BCUT2D eigenvalue weighted by Crippen LogP contribution is -2.45. The van der Waals surface area contributed by atoms with Crippen molar-refractivity contribution in [2.75, 3.05) is 19.7 Å². The van der Waals surface area contributed by atoms with Gasteiger partial charge in [-0.1, -0.05) is 18.2 Å². The van der Waals surface area contributed by atoms with Crippen molar-refractivity contribution in [3.8, 4) is 5.75 Å². The minimum Gasteiger partial charge on any atom is -0.492 e. The zero-order chi connectivity index (χ0) is 19.8. The molecule has 0 bridgehead atoms. The van der Waals surface area contributed by atoms with E-state index in [0.29, 0.717) is 50.3 Å². The second-order valence-corrected chi connectivity index (χ2v) is 6.78. The molecule has 6 nitrogen and oxygen atoms in total. The summed E-state index contributed by atoms with van der Waals surface area (Å²) in [5, 5.41) is 2.90. The van der Waals surface area contributed by atoms with Crippen LogP contribution >= 0.6 is 0 Å². The van der Waals surface area contributed by atoms with Gasteiger partial charge in [0.25, 0.3) is 0 Å². The molecule has 1 aromatic heterocycles. The van der Waals surface area contributed by atoms with E-state index in [1.54, 1.807) is 41.6 Å². The van der Waals surface area contributed by atoms with Gasteiger partial charge in [-0.25, -0.2) is 4.39 Å². The van der Waals surface area contributed by atoms with Gasteiger partial charge in [0.1, 0.15) is 11.6 Å². The Bertz CT molecular complexity index is 800. The van der Waals surface area contributed by atoms with Gasteiger partial charge in [-0.05, 0) is 31.0 Å². The van der Waals surface area contributed by atoms with Gasteiger partial charge in [0.2, 0.25) is 11.8 Å². The summed E-state index contributed by atoms with van der Waals surface area (Å²) in [5.41, 5.74) is 0.462. The number of nitrogens with zero attached hydrogens (tertiary/aromatic N) is 2. The molecule has 148 valence electrons. The number of amides is 2. The van der Waals surface area contributed by atoms with Crippen LogP contribution in [0.25, 0.3) is 0 Å². The van der Waals surface area contributed by atoms with Crippen LogP contribution in [0.2, 0.25) is 0 Å². The van der Waals surface area contributed by atoms with Crippen molar-refractivity contribution in [3.05, 3.63) is 60.2 Å². The van der Waals surface area contributed by atoms with Crippen molar-refractivity contribution < 1.29 is 18.7 Å². The SMILES string of the molecule is O=C(NCCCOc1cccnc1)[C@@H]1CCC(=O)N(Cc2ccccc2F)C1. The first-order valence-electron chi connectivity index (χ1n) is 9.45. The van der Waals surface area contributed by atoms with Crippen LogP contribution in [0.1, 0.15) is 24.8 Å². The number of aromatic nitrogens is 1. The molecular formula is C21H24FN3O3. The Kier molecular flexibility index (Phi) is 6.94. The minimum absolute atomic E-state index is 0.0443. The highest BCUT2D eigenvalue weighted by Crippen LogP contribution is 2.21. The number of halogens is 1. The van der Waals surface area contributed by atoms with Crippen LogP contribution in [-0.2, 0) is 16.1 Å². The fraction of sp³-hybridized carbons (Fsp3) is 0.381. The van der Waals surface area contributed by atoms with E-state index in [1.807, 2.05) is 6.07 Å². The summed E-state index contributed by atoms with van der Waals surface area (Å²) in [4.78, 5) is 30.1. The Morgan fingerprint density at radius 3 is 2.93 bits per heavy atom. The van der Waals surface area contributed by atoms with Crippen LogP contribution in [0.4, 0.5) is 4.39 Å². The quantitative estimate of drug-likeness (QED) is 0.709. The monoisotopic (exact) mass is 385 g/mol. The lowest BCUT2D eigenvalue weighted by atomic mass is 9.96. The Morgan fingerprint density at radius 1 is 1.29 bits per heavy atom. The van der Waals surface area contributed by atoms with E-state index < -0.39 is 0 Å². The molecule has 1 aliphatic rings. The molecule has 1 N–H and O–H groups in total. The van der Waals surface area contributed by atoms with Gasteiger partial charge in [0.15, 0.2) is 0 Å². The van der Waals surface area contributed by atoms with Gasteiger partial charge in [-0.15, -0.1) is 0 Å². The third kappa shape index (κ3) is 5.52. The summed E-state index contributed by atoms with van der Waals surface area (Å²) >= 11 is 0. The molecule has 1 aromatic carbocycles. The summed E-state index contributed by atoms with van der Waals surface area (Å²) in [6.07, 6.45) is 4.81. The van der Waals surface area contributed by atoms with Gasteiger partial charge in [0.05, 0.1) is 18.7 Å². The maximum Gasteiger partial charge on any atom is 0.224 e. The van der Waals surface area contributed by atoms with Crippen molar-refractivity contribution >= 4 is 11.8 Å². The molecule has 28 heavy (non-hydrogen) atoms. The normalized spacial score (nSPS) is 16.7. The molecule has 2 aromatic rings. The number of piperidine rings is 1. The predicted molar refractivity (Wildman–Crippen MR) is 102 cm³/mol. The predicted octanol–water partition coefficient (Wildman–Crippen LogP) is 2.54. The molecule has 1 fully saturated rings. The third-order valence-corrected chi connectivity index (χ3v) is 4.71. The summed E-state index contributed by atoms with van der Waals surface area (Å²) in [5.74, 6) is -0.0350. The molecule has 2 amide bonds. The second-order valence-electron chi connectivity index (χ2n) is 6.78. The van der Waals surface area contributed by atoms with Crippen molar-refractivity contribution in [3.63, 3.8) is 0 Å². The van der Waals surface area contributed by atoms with Gasteiger partial charge in [-0.2, -0.15) is 0 Å². The molecule has 1 aliphatic heterocycles. The van der Waals surface area contributed by atoms with E-state index in [-0.39, 0.29) is 30.1 Å². The number of benzene rings is 1. The van der Waals surface area contributed by atoms with E-state index in [9.17, 15) is 14.0 Å². The fourth-order valence-electron chi connectivity index (χ4n) is 3.16. The molecule has 0 aliphatic carbocycles. The van der Waals surface area contributed by atoms with E-state index in [1.165, 1.54) is 6.07 Å². The average Bonchev–Trinajstić information content (AvgIpc) is 2.71. The van der Waals surface area contributed by atoms with Crippen molar-refractivity contribution in [2.45, 2.75) is 25.8 Å². The first kappa shape index (κ1) is 19.8. The number of likely N-dealkylation sites (tertiary alicyclic amines) is 1. The molecule has 1 saturated heterocycles. The molecule has 3 rings (SSSR count). The number of rotatable bonds is 8. The first-order chi connectivity index (χ1) is 13.6. The largest absolute Gasteiger partial charge is 0.492 e. The number of hydrogen-bond donors (Lipinski definition) is 1. The number of carbonyl (C=O) groups excluding carboxylic acids is 2. The molecule has 7 heteroatoms. The number of hydrogen-bond acceptors (Lipinski definition) is 4. The second kappa shape index (κ2) is 9.82. The van der Waals surface area contributed by atoms with Gasteiger partial charge in [0, 0.05) is 37.8 Å². The molecule has 0 saturated carbocycles. The summed E-state index contributed by atoms with van der Waals surface area (Å²) < 4.78 is 19.4. The highest BCUT2D eigenvalue weighted by atomic mass is 19.1. The molecule has 0 unspecified atom stereocenters. The minimum atomic E-state index is -0.338. The standard InChI is InChI=1S/C21H24FN3O3/c22-19-7-2-1-5-16(19)14-25-15-17(8-9-20(25)26)21(27)24-11-4-12-28-18-6-3-10-23-13-18/h1-3,5-7,10,13,17H,4,8-9,11-12,14-15H2,(H,24,27)/t17-/m1/s1. The van der Waals surface area contributed by atoms with E-state index in [2.05, 4.69) is 10.3 Å². The smallest absolute Gasteiger partial charge is 0.224 e. The van der Waals surface area contributed by atoms with Crippen LogP contribution in [0, 0.1) is 11.7 Å². The zero-order valence-electron chi connectivity index (χ0n) is 15.6. The molecule has 1 atom stereocenters. The zero-order valence-corrected chi connectivity index (χ0v) is 15.6. The Labute approximate surface area is 163 Å². The van der Waals surface area contributed by atoms with Crippen molar-refractivity contribution in [2.24, 2.45) is 5.92 Å². The maximum atomic E-state index is 13.9. The lowest BCUT2D eigenvalue weighted by molar-refractivity contribution is -0.138. The molecule has 0 radical (unpaired) electrons. The van der Waals surface area contributed by atoms with Crippen molar-refractivity contribution in [1.82, 2.24) is 15.2 Å². The number of ether oxygens (including phenoxy) is 1. The van der Waals surface area contributed by atoms with Gasteiger partial charge in [-0.3, -0.25) is 14.6 Å². The highest BCUT2D eigenvalue weighted by Gasteiger charge is 2.30. The van der Waals surface area contributed by atoms with Gasteiger partial charge >= 0.3 is 0 Å². The maximum absolute atomic E-state index is 13.9. The summed E-state index contributed by atoms with van der Waals surface area (Å²) in [7, 11) is 0. The number of pyridine rings is 1. The van der Waals surface area contributed by atoms with Gasteiger partial charge < -0.3 is 15.0 Å². The van der Waals surface area contributed by atoms with Crippen LogP contribution < -0.4 is 10.1 Å². The topological polar surface area (TPSA) is 71.5 Å². The Hall–Kier alpha value is -2.96. The summed E-state index contributed by atoms with van der Waals surface area (Å²) in [6.45, 7) is 1.48. The van der Waals surface area contributed by atoms with Crippen LogP contribution in [0.3, 0.4) is 0 Å². The number of nitrogens with one attached hydrogen (secondary N) is 1. The van der Waals surface area contributed by atoms with Crippen LogP contribution in [0.15, 0.2) is 48.8 Å².